The van der Waals surface area contributed by atoms with Crippen LogP contribution in [-0.2, 0) is 17.9 Å². The van der Waals surface area contributed by atoms with E-state index in [-0.39, 0.29) is 12.0 Å². The third kappa shape index (κ3) is 3.37. The van der Waals surface area contributed by atoms with Crippen LogP contribution in [0.5, 0.6) is 0 Å². The molecule has 3 aliphatic heterocycles. The van der Waals surface area contributed by atoms with E-state index in [1.165, 1.54) is 5.56 Å². The highest BCUT2D eigenvalue weighted by Gasteiger charge is 2.40. The number of nitrogens with two attached hydrogens (primary N) is 1. The molecule has 4 heterocycles. The van der Waals surface area contributed by atoms with E-state index >= 15 is 0 Å². The zero-order chi connectivity index (χ0) is 17.2. The molecule has 3 saturated heterocycles. The first kappa shape index (κ1) is 16.1. The van der Waals surface area contributed by atoms with Gasteiger partial charge >= 0.3 is 0 Å². The van der Waals surface area contributed by atoms with Crippen LogP contribution in [0.1, 0.15) is 24.0 Å². The monoisotopic (exact) mass is 336 g/mol. The Balaban J connectivity index is 1.51. The van der Waals surface area contributed by atoms with Crippen molar-refractivity contribution in [1.82, 2.24) is 14.8 Å². The van der Waals surface area contributed by atoms with Crippen molar-refractivity contribution in [1.29, 1.82) is 0 Å². The van der Waals surface area contributed by atoms with Crippen molar-refractivity contribution >= 4 is 11.7 Å². The van der Waals surface area contributed by atoms with Crippen LogP contribution in [0.25, 0.3) is 0 Å². The van der Waals surface area contributed by atoms with Crippen LogP contribution >= 0.6 is 0 Å². The van der Waals surface area contributed by atoms with Gasteiger partial charge < -0.3 is 10.6 Å². The van der Waals surface area contributed by atoms with Crippen molar-refractivity contribution in [2.75, 3.05) is 18.8 Å². The fourth-order valence-corrected chi connectivity index (χ4v) is 4.07. The maximum atomic E-state index is 12.9. The Bertz CT molecular complexity index is 748. The number of fused-ring (bicyclic) bond motifs is 4. The lowest BCUT2D eigenvalue weighted by atomic mass is 9.93. The van der Waals surface area contributed by atoms with Crippen LogP contribution < -0.4 is 5.73 Å². The van der Waals surface area contributed by atoms with Crippen LogP contribution in [0.15, 0.2) is 48.7 Å². The topological polar surface area (TPSA) is 62.5 Å². The zero-order valence-electron chi connectivity index (χ0n) is 14.3. The number of benzene rings is 1. The predicted octanol–water partition coefficient (Wildman–Crippen LogP) is 2.29. The van der Waals surface area contributed by atoms with Gasteiger partial charge in [0.1, 0.15) is 5.82 Å². The maximum absolute atomic E-state index is 12.9. The van der Waals surface area contributed by atoms with Gasteiger partial charge in [0.15, 0.2) is 0 Å². The largest absolute Gasteiger partial charge is 0.383 e. The van der Waals surface area contributed by atoms with Gasteiger partial charge in [0.2, 0.25) is 5.91 Å². The summed E-state index contributed by atoms with van der Waals surface area (Å²) < 4.78 is 0. The van der Waals surface area contributed by atoms with Gasteiger partial charge in [0.25, 0.3) is 0 Å². The van der Waals surface area contributed by atoms with Gasteiger partial charge in [-0.15, -0.1) is 0 Å². The molecular formula is C20H24N4O. The number of piperidine rings is 1. The first-order valence-corrected chi connectivity index (χ1v) is 8.97. The summed E-state index contributed by atoms with van der Waals surface area (Å²) >= 11 is 0. The first-order valence-electron chi connectivity index (χ1n) is 8.97. The minimum atomic E-state index is 0.0976. The fraction of sp³-hybridized carbons (Fsp3) is 0.400. The van der Waals surface area contributed by atoms with Gasteiger partial charge in [-0.25, -0.2) is 4.98 Å². The number of anilines is 1. The van der Waals surface area contributed by atoms with E-state index in [0.717, 1.165) is 38.0 Å². The van der Waals surface area contributed by atoms with Gasteiger partial charge in [0, 0.05) is 44.0 Å². The van der Waals surface area contributed by atoms with Gasteiger partial charge in [-0.1, -0.05) is 36.4 Å². The molecule has 5 rings (SSSR count). The van der Waals surface area contributed by atoms with Gasteiger partial charge in [-0.3, -0.25) is 9.69 Å². The van der Waals surface area contributed by atoms with Crippen LogP contribution in [0, 0.1) is 5.92 Å². The molecule has 0 radical (unpaired) electrons. The smallest absolute Gasteiger partial charge is 0.227 e. The molecule has 2 bridgehead atoms. The lowest BCUT2D eigenvalue weighted by Crippen LogP contribution is -2.47. The Morgan fingerprint density at radius 3 is 2.68 bits per heavy atom. The van der Waals surface area contributed by atoms with Gasteiger partial charge in [-0.2, -0.15) is 0 Å². The highest BCUT2D eigenvalue weighted by atomic mass is 16.2. The first-order chi connectivity index (χ1) is 12.2. The predicted molar refractivity (Wildman–Crippen MR) is 97.4 cm³/mol. The molecule has 0 unspecified atom stereocenters. The summed E-state index contributed by atoms with van der Waals surface area (Å²) in [4.78, 5) is 21.6. The Morgan fingerprint density at radius 2 is 1.88 bits per heavy atom. The molecule has 1 amide bonds. The van der Waals surface area contributed by atoms with Crippen molar-refractivity contribution in [3.05, 3.63) is 59.8 Å². The number of nitrogens with zero attached hydrogens (tertiary/aromatic N) is 3. The summed E-state index contributed by atoms with van der Waals surface area (Å²) in [7, 11) is 0. The average Bonchev–Trinajstić information content (AvgIpc) is 2.90. The number of hydrogen-bond donors (Lipinski definition) is 1. The van der Waals surface area contributed by atoms with Crippen LogP contribution in [0.3, 0.4) is 0 Å². The fourth-order valence-electron chi connectivity index (χ4n) is 4.07. The standard InChI is InChI=1S/C20H24N4O/c21-19-16(7-4-10-22-19)12-23-13-17-8-9-18(14-23)24(20(17)25)11-15-5-2-1-3-6-15/h1-7,10,17-18H,8-9,11-14H2,(H2,21,22)/t17-,18+/m0/s1. The molecular weight excluding hydrogens is 312 g/mol. The van der Waals surface area contributed by atoms with Crippen molar-refractivity contribution in [3.8, 4) is 0 Å². The molecule has 1 aromatic heterocycles. The molecule has 0 spiro atoms. The molecule has 2 atom stereocenters. The molecule has 130 valence electrons. The normalized spacial score (nSPS) is 23.7. The van der Waals surface area contributed by atoms with Crippen molar-refractivity contribution in [2.45, 2.75) is 32.0 Å². The van der Waals surface area contributed by atoms with Gasteiger partial charge in [0.05, 0.1) is 5.92 Å². The molecule has 3 fully saturated rings. The third-order valence-electron chi connectivity index (χ3n) is 5.38. The summed E-state index contributed by atoms with van der Waals surface area (Å²) in [5.74, 6) is 0.994. The Hall–Kier alpha value is -2.40. The van der Waals surface area contributed by atoms with Crippen molar-refractivity contribution < 1.29 is 4.79 Å². The molecule has 2 N–H and O–H groups in total. The van der Waals surface area contributed by atoms with Crippen molar-refractivity contribution in [3.63, 3.8) is 0 Å². The number of rotatable bonds is 4. The average molecular weight is 336 g/mol. The van der Waals surface area contributed by atoms with Crippen LogP contribution in [-0.4, -0.2) is 39.8 Å². The summed E-state index contributed by atoms with van der Waals surface area (Å²) in [5, 5.41) is 0. The lowest BCUT2D eigenvalue weighted by molar-refractivity contribution is -0.140. The summed E-state index contributed by atoms with van der Waals surface area (Å²) in [6.07, 6.45) is 3.80. The Labute approximate surface area is 148 Å². The minimum Gasteiger partial charge on any atom is -0.383 e. The third-order valence-corrected chi connectivity index (χ3v) is 5.38. The number of amides is 1. The summed E-state index contributed by atoms with van der Waals surface area (Å²) in [6.45, 7) is 3.20. The second kappa shape index (κ2) is 6.84. The second-order valence-corrected chi connectivity index (χ2v) is 7.12. The van der Waals surface area contributed by atoms with Crippen LogP contribution in [0.4, 0.5) is 5.82 Å². The molecule has 1 aromatic carbocycles. The van der Waals surface area contributed by atoms with E-state index in [9.17, 15) is 4.79 Å². The minimum absolute atomic E-state index is 0.0976. The lowest BCUT2D eigenvalue weighted by Gasteiger charge is -2.36. The second-order valence-electron chi connectivity index (χ2n) is 7.12. The molecule has 5 heteroatoms. The number of carbonyl (C=O) groups excluding carboxylic acids is 1. The van der Waals surface area contributed by atoms with E-state index in [0.29, 0.717) is 18.3 Å². The maximum Gasteiger partial charge on any atom is 0.227 e. The quantitative estimate of drug-likeness (QED) is 0.930. The van der Waals surface area contributed by atoms with E-state index in [1.54, 1.807) is 6.20 Å². The molecule has 0 saturated carbocycles. The number of carbonyl (C=O) groups is 1. The van der Waals surface area contributed by atoms with Crippen molar-refractivity contribution in [2.24, 2.45) is 5.92 Å². The zero-order valence-corrected chi connectivity index (χ0v) is 14.3. The molecule has 3 aliphatic rings. The van der Waals surface area contributed by atoms with Gasteiger partial charge in [-0.05, 0) is 24.5 Å². The highest BCUT2D eigenvalue weighted by molar-refractivity contribution is 5.80. The SMILES string of the molecule is Nc1ncccc1CN1C[C@@H]2CC[C@H](C1)N(Cc1ccccc1)C2=O. The highest BCUT2D eigenvalue weighted by Crippen LogP contribution is 2.31. The molecule has 0 aliphatic carbocycles. The molecule has 25 heavy (non-hydrogen) atoms. The van der Waals surface area contributed by atoms with E-state index in [2.05, 4.69) is 26.9 Å². The van der Waals surface area contributed by atoms with Crippen LogP contribution in [0.2, 0.25) is 0 Å². The van der Waals surface area contributed by atoms with E-state index in [1.807, 2.05) is 30.3 Å². The number of aromatic nitrogens is 1. The summed E-state index contributed by atoms with van der Waals surface area (Å²) in [5.41, 5.74) is 8.25. The molecule has 2 aromatic rings. The molecule has 5 nitrogen and oxygen atoms in total. The Kier molecular flexibility index (Phi) is 4.40. The van der Waals surface area contributed by atoms with E-state index < -0.39 is 0 Å². The summed E-state index contributed by atoms with van der Waals surface area (Å²) in [6, 6.07) is 14.5. The number of nitrogen functional groups attached to an aromatic ring is 1. The van der Waals surface area contributed by atoms with E-state index in [4.69, 9.17) is 5.73 Å². The Morgan fingerprint density at radius 1 is 1.04 bits per heavy atom. The number of pyridine rings is 1. The number of hydrogen-bond acceptors (Lipinski definition) is 4.